The van der Waals surface area contributed by atoms with Crippen molar-refractivity contribution in [1.29, 1.82) is 0 Å². The second-order valence-electron chi connectivity index (χ2n) is 7.71. The number of nitrogens with one attached hydrogen (secondary N) is 3. The SMILES string of the molecule is CCC(C)NC(=O)CCNC(=NC)NC1CCN(Cc2cc(OC)cc(OC)c2)C1.I. The predicted octanol–water partition coefficient (Wildman–Crippen LogP) is 2.37. The molecule has 3 N–H and O–H groups in total. The molecule has 1 aromatic carbocycles. The van der Waals surface area contributed by atoms with Gasteiger partial charge in [-0.05, 0) is 37.5 Å². The number of nitrogens with zero attached hydrogens (tertiary/aromatic N) is 2. The van der Waals surface area contributed by atoms with E-state index in [9.17, 15) is 4.79 Å². The Hall–Kier alpha value is -1.75. The van der Waals surface area contributed by atoms with Gasteiger partial charge < -0.3 is 25.4 Å². The molecule has 0 aromatic heterocycles. The summed E-state index contributed by atoms with van der Waals surface area (Å²) in [6, 6.07) is 6.51. The highest BCUT2D eigenvalue weighted by molar-refractivity contribution is 14.0. The summed E-state index contributed by atoms with van der Waals surface area (Å²) in [5.74, 6) is 2.41. The summed E-state index contributed by atoms with van der Waals surface area (Å²) in [5.41, 5.74) is 1.17. The van der Waals surface area contributed by atoms with E-state index in [1.165, 1.54) is 5.56 Å². The van der Waals surface area contributed by atoms with Gasteiger partial charge in [0.1, 0.15) is 11.5 Å². The Bertz CT molecular complexity index is 694. The van der Waals surface area contributed by atoms with Crippen LogP contribution in [0.15, 0.2) is 23.2 Å². The molecule has 176 valence electrons. The number of ether oxygens (including phenoxy) is 2. The van der Waals surface area contributed by atoms with Crippen molar-refractivity contribution < 1.29 is 14.3 Å². The van der Waals surface area contributed by atoms with E-state index in [-0.39, 0.29) is 35.9 Å². The first-order chi connectivity index (χ1) is 14.5. The number of amides is 1. The molecule has 1 aliphatic heterocycles. The third kappa shape index (κ3) is 9.51. The molecule has 1 saturated heterocycles. The summed E-state index contributed by atoms with van der Waals surface area (Å²) in [6.45, 7) is 7.40. The fraction of sp³-hybridized carbons (Fsp3) is 0.636. The van der Waals surface area contributed by atoms with Crippen LogP contribution in [0, 0.1) is 0 Å². The fourth-order valence-corrected chi connectivity index (χ4v) is 3.44. The standard InChI is InChI=1S/C22H37N5O3.HI/c1-6-16(2)25-21(28)7-9-24-22(23-3)26-18-8-10-27(15-18)14-17-11-19(29-4)13-20(12-17)30-5;/h11-13,16,18H,6-10,14-15H2,1-5H3,(H,25,28)(H2,23,24,26);1H. The summed E-state index contributed by atoms with van der Waals surface area (Å²) in [5, 5.41) is 9.68. The summed E-state index contributed by atoms with van der Waals surface area (Å²) >= 11 is 0. The van der Waals surface area contributed by atoms with Crippen molar-refractivity contribution in [2.45, 2.75) is 51.7 Å². The van der Waals surface area contributed by atoms with Crippen molar-refractivity contribution in [2.24, 2.45) is 4.99 Å². The lowest BCUT2D eigenvalue weighted by molar-refractivity contribution is -0.121. The molecule has 1 fully saturated rings. The Labute approximate surface area is 203 Å². The second-order valence-corrected chi connectivity index (χ2v) is 7.71. The molecule has 0 spiro atoms. The molecule has 0 saturated carbocycles. The second kappa shape index (κ2) is 14.3. The number of carbonyl (C=O) groups excluding carboxylic acids is 1. The number of hydrogen-bond acceptors (Lipinski definition) is 5. The van der Waals surface area contributed by atoms with Crippen LogP contribution < -0.4 is 25.4 Å². The number of likely N-dealkylation sites (tertiary alicyclic amines) is 1. The van der Waals surface area contributed by atoms with Crippen LogP contribution in [-0.4, -0.2) is 69.8 Å². The Morgan fingerprint density at radius 1 is 1.26 bits per heavy atom. The normalized spacial score (nSPS) is 17.5. The molecule has 1 amide bonds. The number of carbonyl (C=O) groups is 1. The van der Waals surface area contributed by atoms with Crippen molar-refractivity contribution >= 4 is 35.8 Å². The number of methoxy groups -OCH3 is 2. The first-order valence-corrected chi connectivity index (χ1v) is 10.7. The molecule has 1 heterocycles. The van der Waals surface area contributed by atoms with Crippen LogP contribution in [0.2, 0.25) is 0 Å². The van der Waals surface area contributed by atoms with Gasteiger partial charge in [0.2, 0.25) is 5.91 Å². The van der Waals surface area contributed by atoms with Crippen molar-refractivity contribution in [3.05, 3.63) is 23.8 Å². The zero-order chi connectivity index (χ0) is 21.9. The van der Waals surface area contributed by atoms with Gasteiger partial charge >= 0.3 is 0 Å². The molecular weight excluding hydrogens is 509 g/mol. The van der Waals surface area contributed by atoms with Crippen LogP contribution in [0.3, 0.4) is 0 Å². The molecule has 2 atom stereocenters. The average molecular weight is 547 g/mol. The van der Waals surface area contributed by atoms with Gasteiger partial charge in [0.25, 0.3) is 0 Å². The van der Waals surface area contributed by atoms with Crippen LogP contribution in [0.1, 0.15) is 38.7 Å². The lowest BCUT2D eigenvalue weighted by Crippen LogP contribution is -2.45. The van der Waals surface area contributed by atoms with E-state index < -0.39 is 0 Å². The van der Waals surface area contributed by atoms with Gasteiger partial charge in [-0.2, -0.15) is 0 Å². The summed E-state index contributed by atoms with van der Waals surface area (Å²) in [7, 11) is 5.09. The molecule has 2 unspecified atom stereocenters. The molecule has 0 aliphatic carbocycles. The van der Waals surface area contributed by atoms with E-state index in [1.54, 1.807) is 21.3 Å². The van der Waals surface area contributed by atoms with Crippen LogP contribution in [0.5, 0.6) is 11.5 Å². The van der Waals surface area contributed by atoms with E-state index in [0.29, 0.717) is 19.0 Å². The van der Waals surface area contributed by atoms with E-state index >= 15 is 0 Å². The predicted molar refractivity (Wildman–Crippen MR) is 136 cm³/mol. The van der Waals surface area contributed by atoms with Gasteiger partial charge in [-0.15, -0.1) is 24.0 Å². The van der Waals surface area contributed by atoms with E-state index in [0.717, 1.165) is 49.9 Å². The van der Waals surface area contributed by atoms with Crippen LogP contribution in [0.4, 0.5) is 0 Å². The monoisotopic (exact) mass is 547 g/mol. The quantitative estimate of drug-likeness (QED) is 0.237. The minimum Gasteiger partial charge on any atom is -0.497 e. The molecule has 9 heteroatoms. The Balaban J connectivity index is 0.00000480. The third-order valence-electron chi connectivity index (χ3n) is 5.32. The minimum absolute atomic E-state index is 0. The highest BCUT2D eigenvalue weighted by Gasteiger charge is 2.23. The maximum Gasteiger partial charge on any atom is 0.221 e. The highest BCUT2D eigenvalue weighted by Crippen LogP contribution is 2.24. The lowest BCUT2D eigenvalue weighted by Gasteiger charge is -2.19. The van der Waals surface area contributed by atoms with Crippen LogP contribution >= 0.6 is 24.0 Å². The molecule has 2 rings (SSSR count). The van der Waals surface area contributed by atoms with Crippen LogP contribution in [-0.2, 0) is 11.3 Å². The van der Waals surface area contributed by atoms with E-state index in [4.69, 9.17) is 9.47 Å². The average Bonchev–Trinajstić information content (AvgIpc) is 3.18. The number of halogens is 1. The maximum absolute atomic E-state index is 11.9. The topological polar surface area (TPSA) is 87.2 Å². The van der Waals surface area contributed by atoms with Crippen LogP contribution in [0.25, 0.3) is 0 Å². The maximum atomic E-state index is 11.9. The summed E-state index contributed by atoms with van der Waals surface area (Å²) in [6.07, 6.45) is 2.40. The Kier molecular flexibility index (Phi) is 12.6. The van der Waals surface area contributed by atoms with Gasteiger partial charge in [0.05, 0.1) is 14.2 Å². The van der Waals surface area contributed by atoms with Gasteiger partial charge in [-0.25, -0.2) is 0 Å². The van der Waals surface area contributed by atoms with Crippen molar-refractivity contribution in [3.8, 4) is 11.5 Å². The number of benzene rings is 1. The summed E-state index contributed by atoms with van der Waals surface area (Å²) < 4.78 is 10.7. The highest BCUT2D eigenvalue weighted by atomic mass is 127. The van der Waals surface area contributed by atoms with Gasteiger partial charge in [-0.3, -0.25) is 14.7 Å². The first-order valence-electron chi connectivity index (χ1n) is 10.7. The zero-order valence-electron chi connectivity index (χ0n) is 19.4. The Morgan fingerprint density at radius 3 is 2.52 bits per heavy atom. The molecule has 1 aromatic rings. The largest absolute Gasteiger partial charge is 0.497 e. The van der Waals surface area contributed by atoms with Gasteiger partial charge in [0, 0.05) is 57.8 Å². The van der Waals surface area contributed by atoms with E-state index in [2.05, 4.69) is 32.8 Å². The van der Waals surface area contributed by atoms with Gasteiger partial charge in [0.15, 0.2) is 5.96 Å². The van der Waals surface area contributed by atoms with Crippen molar-refractivity contribution in [1.82, 2.24) is 20.9 Å². The minimum atomic E-state index is 0. The molecule has 8 nitrogen and oxygen atoms in total. The molecular formula is C22H38IN5O3. The number of hydrogen-bond donors (Lipinski definition) is 3. The molecule has 0 bridgehead atoms. The number of aliphatic imine (C=N–C) groups is 1. The summed E-state index contributed by atoms with van der Waals surface area (Å²) in [4.78, 5) is 18.6. The molecule has 1 aliphatic rings. The number of rotatable bonds is 10. The molecule has 0 radical (unpaired) electrons. The van der Waals surface area contributed by atoms with Crippen molar-refractivity contribution in [2.75, 3.05) is 40.9 Å². The molecule has 31 heavy (non-hydrogen) atoms. The van der Waals surface area contributed by atoms with E-state index in [1.807, 2.05) is 25.1 Å². The Morgan fingerprint density at radius 2 is 1.94 bits per heavy atom. The lowest BCUT2D eigenvalue weighted by atomic mass is 10.2. The third-order valence-corrected chi connectivity index (χ3v) is 5.32. The first kappa shape index (κ1) is 27.3. The van der Waals surface area contributed by atoms with Crippen molar-refractivity contribution in [3.63, 3.8) is 0 Å². The number of guanidine groups is 1. The smallest absolute Gasteiger partial charge is 0.221 e. The zero-order valence-corrected chi connectivity index (χ0v) is 21.7. The fourth-order valence-electron chi connectivity index (χ4n) is 3.44. The van der Waals surface area contributed by atoms with Gasteiger partial charge in [-0.1, -0.05) is 6.92 Å².